The second-order valence-electron chi connectivity index (χ2n) is 2.34. The predicted molar refractivity (Wildman–Crippen MR) is 53.2 cm³/mol. The zero-order valence-electron chi connectivity index (χ0n) is 7.09. The molecule has 0 radical (unpaired) electrons. The molecule has 0 amide bonds. The van der Waals surface area contributed by atoms with Crippen molar-refractivity contribution in [1.29, 1.82) is 5.26 Å². The van der Waals surface area contributed by atoms with Crippen LogP contribution in [0.5, 0.6) is 5.88 Å². The van der Waals surface area contributed by atoms with Gasteiger partial charge < -0.3 is 4.74 Å². The first kappa shape index (κ1) is 11.1. The molecular formula is C8H5F2IN2O. The molecule has 0 aliphatic carbocycles. The Morgan fingerprint density at radius 1 is 1.64 bits per heavy atom. The number of halogens is 3. The maximum atomic E-state index is 12.4. The van der Waals surface area contributed by atoms with E-state index in [1.165, 1.54) is 7.11 Å². The number of nitriles is 1. The van der Waals surface area contributed by atoms with Crippen molar-refractivity contribution >= 4 is 22.6 Å². The second kappa shape index (κ2) is 4.50. The third-order valence-electron chi connectivity index (χ3n) is 1.52. The predicted octanol–water partition coefficient (Wildman–Crippen LogP) is 2.50. The minimum atomic E-state index is -2.63. The Morgan fingerprint density at radius 3 is 2.71 bits per heavy atom. The Kier molecular flexibility index (Phi) is 3.57. The second-order valence-corrected chi connectivity index (χ2v) is 3.36. The summed E-state index contributed by atoms with van der Waals surface area (Å²) >= 11 is 1.68. The zero-order chi connectivity index (χ0) is 10.7. The first-order chi connectivity index (χ1) is 6.60. The Labute approximate surface area is 92.8 Å². The van der Waals surface area contributed by atoms with Crippen LogP contribution in [0.1, 0.15) is 17.6 Å². The van der Waals surface area contributed by atoms with Gasteiger partial charge in [-0.2, -0.15) is 5.26 Å². The van der Waals surface area contributed by atoms with Gasteiger partial charge in [0.15, 0.2) is 0 Å². The summed E-state index contributed by atoms with van der Waals surface area (Å²) in [7, 11) is 1.33. The Bertz CT molecular complexity index is 390. The van der Waals surface area contributed by atoms with Crippen LogP contribution in [0.15, 0.2) is 6.07 Å². The summed E-state index contributed by atoms with van der Waals surface area (Å²) in [5.74, 6) is 0.0706. The molecule has 1 rings (SSSR count). The monoisotopic (exact) mass is 310 g/mol. The molecule has 0 bridgehead atoms. The number of ether oxygens (including phenoxy) is 1. The van der Waals surface area contributed by atoms with Crippen molar-refractivity contribution in [2.75, 3.05) is 7.11 Å². The highest BCUT2D eigenvalue weighted by molar-refractivity contribution is 14.1. The lowest BCUT2D eigenvalue weighted by Gasteiger charge is -2.06. The largest absolute Gasteiger partial charge is 0.480 e. The van der Waals surface area contributed by atoms with Gasteiger partial charge in [0, 0.05) is 0 Å². The molecule has 1 heterocycles. The number of hydrogen-bond acceptors (Lipinski definition) is 3. The summed E-state index contributed by atoms with van der Waals surface area (Å²) in [6, 6.07) is 2.84. The van der Waals surface area contributed by atoms with Gasteiger partial charge in [-0.25, -0.2) is 13.8 Å². The van der Waals surface area contributed by atoms with Gasteiger partial charge in [-0.15, -0.1) is 0 Å². The van der Waals surface area contributed by atoms with E-state index in [2.05, 4.69) is 4.98 Å². The van der Waals surface area contributed by atoms with E-state index in [9.17, 15) is 8.78 Å². The molecule has 3 nitrogen and oxygen atoms in total. The van der Waals surface area contributed by atoms with Crippen LogP contribution in [0.3, 0.4) is 0 Å². The standard InChI is InChI=1S/C8H5F2IN2O/c1-14-8-4(3-12)2-5(6(9)10)7(11)13-8/h2,6H,1H3. The molecule has 1 aromatic rings. The van der Waals surface area contributed by atoms with Crippen LogP contribution in [0, 0.1) is 15.0 Å². The highest BCUT2D eigenvalue weighted by Gasteiger charge is 2.17. The van der Waals surface area contributed by atoms with Gasteiger partial charge in [0.1, 0.15) is 15.3 Å². The molecule has 0 aliphatic heterocycles. The van der Waals surface area contributed by atoms with Crippen LogP contribution in [0.4, 0.5) is 8.78 Å². The van der Waals surface area contributed by atoms with Crippen LogP contribution in [-0.2, 0) is 0 Å². The van der Waals surface area contributed by atoms with Crippen LogP contribution in [0.25, 0.3) is 0 Å². The molecular weight excluding hydrogens is 305 g/mol. The van der Waals surface area contributed by atoms with Crippen molar-refractivity contribution in [1.82, 2.24) is 4.98 Å². The van der Waals surface area contributed by atoms with E-state index in [4.69, 9.17) is 10.00 Å². The van der Waals surface area contributed by atoms with Crippen LogP contribution >= 0.6 is 22.6 Å². The number of nitrogens with zero attached hydrogens (tertiary/aromatic N) is 2. The molecule has 0 aliphatic rings. The molecule has 0 unspecified atom stereocenters. The summed E-state index contributed by atoms with van der Waals surface area (Å²) in [5.41, 5.74) is -0.230. The van der Waals surface area contributed by atoms with Crippen molar-refractivity contribution in [2.45, 2.75) is 6.43 Å². The van der Waals surface area contributed by atoms with Gasteiger partial charge in [0.05, 0.1) is 12.7 Å². The molecule has 0 spiro atoms. The van der Waals surface area contributed by atoms with Crippen molar-refractivity contribution in [2.24, 2.45) is 0 Å². The van der Waals surface area contributed by atoms with Gasteiger partial charge in [-0.3, -0.25) is 0 Å². The summed E-state index contributed by atoms with van der Waals surface area (Å²) in [5, 5.41) is 8.63. The third kappa shape index (κ3) is 2.09. The number of alkyl halides is 2. The topological polar surface area (TPSA) is 45.9 Å². The van der Waals surface area contributed by atoms with Gasteiger partial charge in [-0.1, -0.05) is 0 Å². The van der Waals surface area contributed by atoms with Gasteiger partial charge in [-0.05, 0) is 28.7 Å². The Morgan fingerprint density at radius 2 is 2.29 bits per heavy atom. The fraction of sp³-hybridized carbons (Fsp3) is 0.250. The van der Waals surface area contributed by atoms with E-state index in [-0.39, 0.29) is 20.7 Å². The molecule has 0 aromatic carbocycles. The maximum absolute atomic E-state index is 12.4. The summed E-state index contributed by atoms with van der Waals surface area (Å²) in [4.78, 5) is 3.75. The number of aromatic nitrogens is 1. The fourth-order valence-corrected chi connectivity index (χ4v) is 1.49. The average Bonchev–Trinajstić information content (AvgIpc) is 2.16. The van der Waals surface area contributed by atoms with Crippen molar-refractivity contribution in [3.05, 3.63) is 20.9 Å². The van der Waals surface area contributed by atoms with E-state index in [1.807, 2.05) is 0 Å². The Hall–Kier alpha value is -0.970. The SMILES string of the molecule is COc1nc(I)c(C(F)F)cc1C#N. The Balaban J connectivity index is 3.32. The van der Waals surface area contributed by atoms with E-state index >= 15 is 0 Å². The van der Waals surface area contributed by atoms with Gasteiger partial charge >= 0.3 is 0 Å². The van der Waals surface area contributed by atoms with Crippen LogP contribution in [-0.4, -0.2) is 12.1 Å². The zero-order valence-corrected chi connectivity index (χ0v) is 9.25. The van der Waals surface area contributed by atoms with Crippen LogP contribution < -0.4 is 4.74 Å². The minimum absolute atomic E-state index is 0.0169. The number of hydrogen-bond donors (Lipinski definition) is 0. The smallest absolute Gasteiger partial charge is 0.266 e. The maximum Gasteiger partial charge on any atom is 0.266 e. The quantitative estimate of drug-likeness (QED) is 0.623. The molecule has 74 valence electrons. The molecule has 14 heavy (non-hydrogen) atoms. The molecule has 0 N–H and O–H groups in total. The molecule has 0 saturated heterocycles. The summed E-state index contributed by atoms with van der Waals surface area (Å²) in [6.45, 7) is 0. The third-order valence-corrected chi connectivity index (χ3v) is 2.38. The lowest BCUT2D eigenvalue weighted by molar-refractivity contribution is 0.149. The molecule has 0 fully saturated rings. The number of rotatable bonds is 2. The van der Waals surface area contributed by atoms with E-state index in [0.717, 1.165) is 6.07 Å². The average molecular weight is 310 g/mol. The normalized spacial score (nSPS) is 10.0. The van der Waals surface area contributed by atoms with E-state index in [0.29, 0.717) is 0 Å². The van der Waals surface area contributed by atoms with E-state index < -0.39 is 6.43 Å². The minimum Gasteiger partial charge on any atom is -0.480 e. The summed E-state index contributed by atoms with van der Waals surface area (Å²) in [6.07, 6.45) is -2.63. The fourth-order valence-electron chi connectivity index (χ4n) is 0.879. The molecule has 1 aromatic heterocycles. The van der Waals surface area contributed by atoms with Crippen LogP contribution in [0.2, 0.25) is 0 Å². The summed E-state index contributed by atoms with van der Waals surface area (Å²) < 4.78 is 29.7. The first-order valence-electron chi connectivity index (χ1n) is 3.52. The lowest BCUT2D eigenvalue weighted by Crippen LogP contribution is -1.99. The highest BCUT2D eigenvalue weighted by Crippen LogP contribution is 2.27. The van der Waals surface area contributed by atoms with Crippen molar-refractivity contribution in [3.63, 3.8) is 0 Å². The molecule has 6 heteroatoms. The van der Waals surface area contributed by atoms with Crippen molar-refractivity contribution in [3.8, 4) is 11.9 Å². The first-order valence-corrected chi connectivity index (χ1v) is 4.60. The number of methoxy groups -OCH3 is 1. The molecule has 0 atom stereocenters. The highest BCUT2D eigenvalue weighted by atomic mass is 127. The van der Waals surface area contributed by atoms with Crippen molar-refractivity contribution < 1.29 is 13.5 Å². The van der Waals surface area contributed by atoms with Gasteiger partial charge in [0.25, 0.3) is 6.43 Å². The van der Waals surface area contributed by atoms with Gasteiger partial charge in [0.2, 0.25) is 5.88 Å². The van der Waals surface area contributed by atoms with E-state index in [1.54, 1.807) is 28.7 Å². The number of pyridine rings is 1. The lowest BCUT2D eigenvalue weighted by atomic mass is 10.2. The molecule has 0 saturated carbocycles.